The van der Waals surface area contributed by atoms with E-state index in [-0.39, 0.29) is 0 Å². The first-order valence-corrected chi connectivity index (χ1v) is 7.44. The number of thioether (sulfide) groups is 1. The lowest BCUT2D eigenvalue weighted by atomic mass is 9.95. The lowest BCUT2D eigenvalue weighted by Gasteiger charge is -2.37. The predicted octanol–water partition coefficient (Wildman–Crippen LogP) is 2.21. The van der Waals surface area contributed by atoms with Gasteiger partial charge in [0.2, 0.25) is 0 Å². The molecule has 2 fully saturated rings. The number of unbranched alkanes of at least 4 members (excludes halogenated alkanes) is 1. The number of rotatable bonds is 6. The molecule has 0 bridgehead atoms. The molecule has 0 aromatic rings. The van der Waals surface area contributed by atoms with Gasteiger partial charge in [0.1, 0.15) is 5.54 Å². The Kier molecular flexibility index (Phi) is 3.80. The summed E-state index contributed by atoms with van der Waals surface area (Å²) >= 11 is 1.79. The van der Waals surface area contributed by atoms with E-state index in [1.165, 1.54) is 12.8 Å². The van der Waals surface area contributed by atoms with E-state index in [0.717, 1.165) is 37.3 Å². The maximum atomic E-state index is 11.6. The maximum Gasteiger partial charge on any atom is 0.325 e. The van der Waals surface area contributed by atoms with Crippen LogP contribution >= 0.6 is 11.8 Å². The molecule has 0 spiro atoms. The lowest BCUT2D eigenvalue weighted by molar-refractivity contribution is -0.150. The van der Waals surface area contributed by atoms with Crippen molar-refractivity contribution in [2.45, 2.75) is 50.6 Å². The largest absolute Gasteiger partial charge is 0.480 e. The van der Waals surface area contributed by atoms with Crippen LogP contribution in [-0.4, -0.2) is 45.6 Å². The quantitative estimate of drug-likeness (QED) is 0.776. The smallest absolute Gasteiger partial charge is 0.325 e. The molecule has 0 amide bonds. The summed E-state index contributed by atoms with van der Waals surface area (Å²) in [4.78, 5) is 13.9. The molecule has 2 aliphatic rings. The molecule has 1 saturated heterocycles. The Hall–Kier alpha value is -0.220. The Morgan fingerprint density at radius 2 is 2.31 bits per heavy atom. The molecule has 0 aromatic carbocycles. The van der Waals surface area contributed by atoms with E-state index < -0.39 is 11.5 Å². The highest BCUT2D eigenvalue weighted by Gasteiger charge is 2.51. The van der Waals surface area contributed by atoms with E-state index in [9.17, 15) is 9.90 Å². The maximum absolute atomic E-state index is 11.6. The molecule has 16 heavy (non-hydrogen) atoms. The van der Waals surface area contributed by atoms with E-state index >= 15 is 0 Å². The fourth-order valence-electron chi connectivity index (χ4n) is 2.53. The topological polar surface area (TPSA) is 40.5 Å². The number of carbonyl (C=O) groups is 1. The van der Waals surface area contributed by atoms with Crippen molar-refractivity contribution in [2.24, 2.45) is 0 Å². The number of nitrogens with zero attached hydrogens (tertiary/aromatic N) is 1. The molecule has 3 nitrogen and oxygen atoms in total. The summed E-state index contributed by atoms with van der Waals surface area (Å²) in [5.74, 6) is 1.19. The van der Waals surface area contributed by atoms with Gasteiger partial charge in [-0.15, -0.1) is 0 Å². The highest BCUT2D eigenvalue weighted by Crippen LogP contribution is 2.41. The summed E-state index contributed by atoms with van der Waals surface area (Å²) in [6, 6.07) is 0.557. The Morgan fingerprint density at radius 3 is 2.75 bits per heavy atom. The van der Waals surface area contributed by atoms with Gasteiger partial charge in [-0.25, -0.2) is 0 Å². The lowest BCUT2D eigenvalue weighted by Crippen LogP contribution is -2.56. The Morgan fingerprint density at radius 1 is 1.56 bits per heavy atom. The van der Waals surface area contributed by atoms with Crippen molar-refractivity contribution >= 4 is 17.7 Å². The molecule has 0 radical (unpaired) electrons. The van der Waals surface area contributed by atoms with Gasteiger partial charge in [0.25, 0.3) is 0 Å². The predicted molar refractivity (Wildman–Crippen MR) is 66.9 cm³/mol. The van der Waals surface area contributed by atoms with Crippen LogP contribution in [0.1, 0.15) is 39.0 Å². The van der Waals surface area contributed by atoms with Crippen LogP contribution in [0.3, 0.4) is 0 Å². The van der Waals surface area contributed by atoms with Crippen LogP contribution in [-0.2, 0) is 4.79 Å². The first-order chi connectivity index (χ1) is 7.70. The van der Waals surface area contributed by atoms with Crippen molar-refractivity contribution in [2.75, 3.05) is 18.1 Å². The minimum Gasteiger partial charge on any atom is -0.480 e. The van der Waals surface area contributed by atoms with Gasteiger partial charge >= 0.3 is 5.97 Å². The zero-order valence-electron chi connectivity index (χ0n) is 9.95. The molecule has 1 aliphatic carbocycles. The van der Waals surface area contributed by atoms with Crippen LogP contribution in [0.2, 0.25) is 0 Å². The SMILES string of the molecule is CCCCN(C1CC1)C1(C(=O)O)CCSC1. The molecule has 0 aromatic heterocycles. The minimum atomic E-state index is -0.597. The van der Waals surface area contributed by atoms with Crippen molar-refractivity contribution in [1.29, 1.82) is 0 Å². The second kappa shape index (κ2) is 4.96. The molecule has 92 valence electrons. The van der Waals surface area contributed by atoms with Crippen molar-refractivity contribution in [3.8, 4) is 0 Å². The number of aliphatic carboxylic acids is 1. The Labute approximate surface area is 102 Å². The minimum absolute atomic E-state index is 0.541. The molecule has 1 aliphatic heterocycles. The van der Waals surface area contributed by atoms with E-state index in [1.807, 2.05) is 0 Å². The first-order valence-electron chi connectivity index (χ1n) is 6.28. The van der Waals surface area contributed by atoms with Gasteiger partial charge in [-0.3, -0.25) is 9.69 Å². The third-order valence-electron chi connectivity index (χ3n) is 3.69. The van der Waals surface area contributed by atoms with Gasteiger partial charge in [-0.1, -0.05) is 13.3 Å². The molecule has 1 N–H and O–H groups in total. The zero-order valence-corrected chi connectivity index (χ0v) is 10.8. The Balaban J connectivity index is 2.11. The van der Waals surface area contributed by atoms with Crippen LogP contribution in [0.25, 0.3) is 0 Å². The van der Waals surface area contributed by atoms with E-state index in [1.54, 1.807) is 11.8 Å². The van der Waals surface area contributed by atoms with Gasteiger partial charge in [-0.2, -0.15) is 11.8 Å². The third kappa shape index (κ3) is 2.23. The number of hydrogen-bond donors (Lipinski definition) is 1. The van der Waals surface area contributed by atoms with Crippen LogP contribution in [0.4, 0.5) is 0 Å². The highest BCUT2D eigenvalue weighted by molar-refractivity contribution is 7.99. The van der Waals surface area contributed by atoms with Crippen LogP contribution in [0, 0.1) is 0 Å². The van der Waals surface area contributed by atoms with E-state index in [2.05, 4.69) is 11.8 Å². The summed E-state index contributed by atoms with van der Waals surface area (Å²) in [5.41, 5.74) is -0.541. The number of carboxylic acids is 1. The van der Waals surface area contributed by atoms with Gasteiger partial charge in [0, 0.05) is 11.8 Å². The average Bonchev–Trinajstić information content (AvgIpc) is 2.96. The van der Waals surface area contributed by atoms with Crippen molar-refractivity contribution < 1.29 is 9.90 Å². The standard InChI is InChI=1S/C12H21NO2S/c1-2-3-7-13(10-4-5-10)12(11(14)15)6-8-16-9-12/h10H,2-9H2,1H3,(H,14,15). The molecule has 1 unspecified atom stereocenters. The van der Waals surface area contributed by atoms with Crippen molar-refractivity contribution in [3.05, 3.63) is 0 Å². The van der Waals surface area contributed by atoms with Gasteiger partial charge in [0.05, 0.1) is 0 Å². The summed E-state index contributed by atoms with van der Waals surface area (Å²) in [6.45, 7) is 3.13. The summed E-state index contributed by atoms with van der Waals surface area (Å²) in [6.07, 6.45) is 5.49. The normalized spacial score (nSPS) is 29.9. The highest BCUT2D eigenvalue weighted by atomic mass is 32.2. The van der Waals surface area contributed by atoms with Crippen LogP contribution in [0.15, 0.2) is 0 Å². The molecule has 2 rings (SSSR count). The van der Waals surface area contributed by atoms with Crippen molar-refractivity contribution in [1.82, 2.24) is 4.90 Å². The second-order valence-corrected chi connectivity index (χ2v) is 6.02. The molecule has 1 saturated carbocycles. The monoisotopic (exact) mass is 243 g/mol. The number of carboxylic acid groups (broad SMARTS) is 1. The first kappa shape index (κ1) is 12.2. The van der Waals surface area contributed by atoms with Gasteiger partial charge in [-0.05, 0) is 38.0 Å². The molecular weight excluding hydrogens is 222 g/mol. The molecule has 1 heterocycles. The number of hydrogen-bond acceptors (Lipinski definition) is 3. The van der Waals surface area contributed by atoms with Crippen LogP contribution in [0.5, 0.6) is 0 Å². The molecule has 4 heteroatoms. The van der Waals surface area contributed by atoms with Crippen LogP contribution < -0.4 is 0 Å². The fraction of sp³-hybridized carbons (Fsp3) is 0.917. The van der Waals surface area contributed by atoms with E-state index in [0.29, 0.717) is 6.04 Å². The fourth-order valence-corrected chi connectivity index (χ4v) is 3.93. The Bertz CT molecular complexity index is 260. The second-order valence-electron chi connectivity index (χ2n) is 4.92. The zero-order chi connectivity index (χ0) is 11.6. The summed E-state index contributed by atoms with van der Waals surface area (Å²) < 4.78 is 0. The van der Waals surface area contributed by atoms with E-state index in [4.69, 9.17) is 0 Å². The summed E-state index contributed by atoms with van der Waals surface area (Å²) in [7, 11) is 0. The van der Waals surface area contributed by atoms with Gasteiger partial charge in [0.15, 0.2) is 0 Å². The average molecular weight is 243 g/mol. The summed E-state index contributed by atoms with van der Waals surface area (Å²) in [5, 5.41) is 9.56. The third-order valence-corrected chi connectivity index (χ3v) is 4.86. The molecular formula is C12H21NO2S. The van der Waals surface area contributed by atoms with Crippen molar-refractivity contribution in [3.63, 3.8) is 0 Å². The molecule has 1 atom stereocenters. The van der Waals surface area contributed by atoms with Gasteiger partial charge < -0.3 is 5.11 Å².